The number of carbonyl (C=O) groups excluding carboxylic acids is 2. The number of rotatable bonds is 7. The summed E-state index contributed by atoms with van der Waals surface area (Å²) < 4.78 is 1.57. The minimum Gasteiger partial charge on any atom is -0.327 e. The number of hydrogen-bond acceptors (Lipinski definition) is 4. The standard InChI is InChI=1S/C23H21Cl2N5O2/c1-14(18(24)11-12-26)22(31)27-16-9-7-15(8-10-16)20-13-21(30(2)29-20)28-23(32)17-5-3-4-6-19(17)25/h3-11,13H,1,12,26H2,2H3,(H,27,31)(H,28,32)/b18-11-. The van der Waals surface area contributed by atoms with Crippen molar-refractivity contribution < 1.29 is 9.59 Å². The molecule has 0 aliphatic carbocycles. The molecule has 0 saturated heterocycles. The number of anilines is 2. The van der Waals surface area contributed by atoms with Crippen LogP contribution in [0.15, 0.2) is 77.9 Å². The Morgan fingerprint density at radius 3 is 2.50 bits per heavy atom. The lowest BCUT2D eigenvalue weighted by Gasteiger charge is -2.07. The first-order chi connectivity index (χ1) is 15.3. The summed E-state index contributed by atoms with van der Waals surface area (Å²) in [6.07, 6.45) is 1.51. The zero-order chi connectivity index (χ0) is 23.3. The van der Waals surface area contributed by atoms with E-state index in [2.05, 4.69) is 22.3 Å². The van der Waals surface area contributed by atoms with E-state index < -0.39 is 5.91 Å². The Morgan fingerprint density at radius 2 is 1.84 bits per heavy atom. The van der Waals surface area contributed by atoms with Gasteiger partial charge in [0, 0.05) is 35.9 Å². The van der Waals surface area contributed by atoms with Crippen molar-refractivity contribution >= 4 is 46.5 Å². The van der Waals surface area contributed by atoms with Crippen molar-refractivity contribution in [3.8, 4) is 11.3 Å². The van der Waals surface area contributed by atoms with Gasteiger partial charge in [-0.05, 0) is 24.3 Å². The fraction of sp³-hybridized carbons (Fsp3) is 0.0870. The van der Waals surface area contributed by atoms with Gasteiger partial charge in [-0.1, -0.05) is 60.1 Å². The summed E-state index contributed by atoms with van der Waals surface area (Å²) in [4.78, 5) is 24.8. The first-order valence-electron chi connectivity index (χ1n) is 9.57. The molecular weight excluding hydrogens is 449 g/mol. The molecule has 7 nitrogen and oxygen atoms in total. The van der Waals surface area contributed by atoms with E-state index in [0.29, 0.717) is 27.8 Å². The van der Waals surface area contributed by atoms with E-state index in [-0.39, 0.29) is 23.1 Å². The van der Waals surface area contributed by atoms with Crippen molar-refractivity contribution in [3.63, 3.8) is 0 Å². The second-order valence-corrected chi connectivity index (χ2v) is 7.58. The van der Waals surface area contributed by atoms with Gasteiger partial charge in [0.2, 0.25) is 0 Å². The van der Waals surface area contributed by atoms with E-state index in [1.807, 2.05) is 0 Å². The fourth-order valence-corrected chi connectivity index (χ4v) is 3.22. The lowest BCUT2D eigenvalue weighted by atomic mass is 10.1. The van der Waals surface area contributed by atoms with Crippen LogP contribution in [-0.4, -0.2) is 28.1 Å². The van der Waals surface area contributed by atoms with Crippen LogP contribution in [0.2, 0.25) is 5.02 Å². The third-order valence-electron chi connectivity index (χ3n) is 4.54. The Balaban J connectivity index is 1.71. The van der Waals surface area contributed by atoms with Crippen molar-refractivity contribution in [1.29, 1.82) is 0 Å². The van der Waals surface area contributed by atoms with Crippen LogP contribution in [0.4, 0.5) is 11.5 Å². The monoisotopic (exact) mass is 469 g/mol. The molecule has 0 bridgehead atoms. The Bertz CT molecular complexity index is 1200. The molecule has 3 rings (SSSR count). The molecule has 3 aromatic rings. The van der Waals surface area contributed by atoms with Gasteiger partial charge in [0.15, 0.2) is 0 Å². The quantitative estimate of drug-likeness (QED) is 0.348. The van der Waals surface area contributed by atoms with Crippen LogP contribution in [0, 0.1) is 0 Å². The number of halogens is 2. The smallest absolute Gasteiger partial charge is 0.258 e. The van der Waals surface area contributed by atoms with Gasteiger partial charge in [0.25, 0.3) is 11.8 Å². The minimum atomic E-state index is -0.421. The number of hydrogen-bond donors (Lipinski definition) is 3. The summed E-state index contributed by atoms with van der Waals surface area (Å²) >= 11 is 12.1. The number of nitrogens with two attached hydrogens (primary N) is 1. The summed E-state index contributed by atoms with van der Waals surface area (Å²) in [5.41, 5.74) is 7.92. The molecule has 0 radical (unpaired) electrons. The molecule has 9 heteroatoms. The summed E-state index contributed by atoms with van der Waals surface area (Å²) in [7, 11) is 1.73. The highest BCUT2D eigenvalue weighted by Gasteiger charge is 2.14. The van der Waals surface area contributed by atoms with Crippen LogP contribution in [0.3, 0.4) is 0 Å². The zero-order valence-corrected chi connectivity index (χ0v) is 18.7. The molecule has 2 aromatic carbocycles. The van der Waals surface area contributed by atoms with Crippen LogP contribution in [0.5, 0.6) is 0 Å². The molecule has 2 amide bonds. The summed E-state index contributed by atoms with van der Waals surface area (Å²) in [5, 5.41) is 10.6. The van der Waals surface area contributed by atoms with E-state index in [9.17, 15) is 9.59 Å². The number of nitrogens with one attached hydrogen (secondary N) is 2. The van der Waals surface area contributed by atoms with E-state index in [0.717, 1.165) is 5.56 Å². The Hall–Kier alpha value is -3.39. The van der Waals surface area contributed by atoms with E-state index in [1.54, 1.807) is 66.3 Å². The summed E-state index contributed by atoms with van der Waals surface area (Å²) in [5.74, 6) is -0.236. The Kier molecular flexibility index (Phi) is 7.48. The normalized spacial score (nSPS) is 11.2. The average Bonchev–Trinajstić information content (AvgIpc) is 3.14. The maximum Gasteiger partial charge on any atom is 0.258 e. The largest absolute Gasteiger partial charge is 0.327 e. The molecule has 4 N–H and O–H groups in total. The van der Waals surface area contributed by atoms with Gasteiger partial charge < -0.3 is 16.4 Å². The molecule has 0 fully saturated rings. The summed E-state index contributed by atoms with van der Waals surface area (Å²) in [6, 6.07) is 15.6. The molecule has 0 atom stereocenters. The predicted molar refractivity (Wildman–Crippen MR) is 129 cm³/mol. The van der Waals surface area contributed by atoms with Crippen LogP contribution < -0.4 is 16.4 Å². The van der Waals surface area contributed by atoms with Crippen LogP contribution >= 0.6 is 23.2 Å². The van der Waals surface area contributed by atoms with Gasteiger partial charge in [-0.25, -0.2) is 0 Å². The number of aromatic nitrogens is 2. The minimum absolute atomic E-state index is 0.129. The predicted octanol–water partition coefficient (Wildman–Crippen LogP) is 4.57. The lowest BCUT2D eigenvalue weighted by Crippen LogP contribution is -2.14. The number of nitrogens with zero attached hydrogens (tertiary/aromatic N) is 2. The fourth-order valence-electron chi connectivity index (χ4n) is 2.82. The molecule has 1 aromatic heterocycles. The first kappa shape index (κ1) is 23.3. The number of aryl methyl sites for hydroxylation is 1. The van der Waals surface area contributed by atoms with Crippen molar-refractivity contribution in [2.45, 2.75) is 0 Å². The third-order valence-corrected chi connectivity index (χ3v) is 5.25. The van der Waals surface area contributed by atoms with Crippen molar-refractivity contribution in [2.24, 2.45) is 12.8 Å². The van der Waals surface area contributed by atoms with Crippen LogP contribution in [0.25, 0.3) is 11.3 Å². The van der Waals surface area contributed by atoms with Gasteiger partial charge in [-0.3, -0.25) is 14.3 Å². The highest BCUT2D eigenvalue weighted by molar-refractivity contribution is 6.36. The van der Waals surface area contributed by atoms with Gasteiger partial charge in [-0.15, -0.1) is 0 Å². The molecular formula is C23H21Cl2N5O2. The molecule has 164 valence electrons. The van der Waals surface area contributed by atoms with Gasteiger partial charge in [-0.2, -0.15) is 5.10 Å². The maximum atomic E-state index is 12.5. The van der Waals surface area contributed by atoms with Crippen molar-refractivity contribution in [1.82, 2.24) is 9.78 Å². The van der Waals surface area contributed by atoms with E-state index in [1.165, 1.54) is 6.08 Å². The number of benzene rings is 2. The van der Waals surface area contributed by atoms with Gasteiger partial charge in [0.05, 0.1) is 21.9 Å². The first-order valence-corrected chi connectivity index (χ1v) is 10.3. The Labute approximate surface area is 195 Å². The Morgan fingerprint density at radius 1 is 1.16 bits per heavy atom. The molecule has 0 aliphatic rings. The van der Waals surface area contributed by atoms with Crippen LogP contribution in [-0.2, 0) is 11.8 Å². The zero-order valence-electron chi connectivity index (χ0n) is 17.2. The highest BCUT2D eigenvalue weighted by atomic mass is 35.5. The van der Waals surface area contributed by atoms with Gasteiger partial charge >= 0.3 is 0 Å². The average molecular weight is 470 g/mol. The molecule has 0 unspecified atom stereocenters. The molecule has 0 aliphatic heterocycles. The van der Waals surface area contributed by atoms with Crippen molar-refractivity contribution in [2.75, 3.05) is 17.2 Å². The molecule has 0 spiro atoms. The second kappa shape index (κ2) is 10.3. The molecule has 1 heterocycles. The number of amides is 2. The topological polar surface area (TPSA) is 102 Å². The summed E-state index contributed by atoms with van der Waals surface area (Å²) in [6.45, 7) is 3.89. The van der Waals surface area contributed by atoms with Gasteiger partial charge in [0.1, 0.15) is 5.82 Å². The molecule has 32 heavy (non-hydrogen) atoms. The van der Waals surface area contributed by atoms with Crippen LogP contribution in [0.1, 0.15) is 10.4 Å². The number of carbonyl (C=O) groups is 2. The molecule has 0 saturated carbocycles. The van der Waals surface area contributed by atoms with E-state index >= 15 is 0 Å². The SMILES string of the molecule is C=C(C(=O)Nc1ccc(-c2cc(NC(=O)c3ccccc3Cl)n(C)n2)cc1)/C(Cl)=C/CN. The lowest BCUT2D eigenvalue weighted by molar-refractivity contribution is -0.112. The third kappa shape index (κ3) is 5.45. The maximum absolute atomic E-state index is 12.5. The van der Waals surface area contributed by atoms with Crippen molar-refractivity contribution in [3.05, 3.63) is 88.4 Å². The van der Waals surface area contributed by atoms with E-state index in [4.69, 9.17) is 28.9 Å². The second-order valence-electron chi connectivity index (χ2n) is 6.77. The highest BCUT2D eigenvalue weighted by Crippen LogP contribution is 2.25.